The molecule has 30 heavy (non-hydrogen) atoms. The van der Waals surface area contributed by atoms with Gasteiger partial charge in [-0.25, -0.2) is 0 Å². The van der Waals surface area contributed by atoms with Gasteiger partial charge in [0.05, 0.1) is 0 Å². The first kappa shape index (κ1) is 16.0. The van der Waals surface area contributed by atoms with Gasteiger partial charge in [-0.2, -0.15) is 0 Å². The van der Waals surface area contributed by atoms with Gasteiger partial charge in [-0.1, -0.05) is 84.9 Å². The second kappa shape index (κ2) is 5.81. The Kier molecular flexibility index (Phi) is 3.09. The van der Waals surface area contributed by atoms with Crippen molar-refractivity contribution in [3.05, 3.63) is 109 Å². The lowest BCUT2D eigenvalue weighted by Gasteiger charge is -2.12. The Morgan fingerprint density at radius 1 is 0.267 bits per heavy atom. The van der Waals surface area contributed by atoms with Crippen LogP contribution in [0.15, 0.2) is 109 Å². The molecule has 0 amide bonds. The van der Waals surface area contributed by atoms with Gasteiger partial charge >= 0.3 is 0 Å². The van der Waals surface area contributed by atoms with Crippen molar-refractivity contribution in [1.29, 1.82) is 0 Å². The van der Waals surface area contributed by atoms with Crippen molar-refractivity contribution in [2.24, 2.45) is 0 Å². The molecular weight excluding hydrogens is 360 g/mol. The lowest BCUT2D eigenvalue weighted by molar-refractivity contribution is 1.78. The van der Waals surface area contributed by atoms with Crippen molar-refractivity contribution in [1.82, 2.24) is 0 Å². The van der Waals surface area contributed by atoms with Crippen LogP contribution < -0.4 is 0 Å². The minimum Gasteiger partial charge on any atom is -0.0616 e. The average molecular weight is 378 g/mol. The molecule has 0 radical (unpaired) electrons. The Morgan fingerprint density at radius 3 is 1.67 bits per heavy atom. The molecule has 7 rings (SSSR count). The fraction of sp³-hybridized carbons (Fsp3) is 0. The predicted octanol–water partition coefficient (Wildman–Crippen LogP) is 8.61. The first-order valence-electron chi connectivity index (χ1n) is 10.4. The highest BCUT2D eigenvalue weighted by atomic mass is 14.1. The quantitative estimate of drug-likeness (QED) is 0.183. The highest BCUT2D eigenvalue weighted by molar-refractivity contribution is 6.25. The van der Waals surface area contributed by atoms with Gasteiger partial charge in [0.25, 0.3) is 0 Å². The van der Waals surface area contributed by atoms with Crippen LogP contribution in [-0.2, 0) is 0 Å². The van der Waals surface area contributed by atoms with Gasteiger partial charge in [-0.15, -0.1) is 0 Å². The first-order valence-corrected chi connectivity index (χ1v) is 10.4. The third-order valence-corrected chi connectivity index (χ3v) is 6.54. The summed E-state index contributed by atoms with van der Waals surface area (Å²) in [7, 11) is 0. The molecule has 0 fully saturated rings. The molecule has 0 bridgehead atoms. The van der Waals surface area contributed by atoms with Gasteiger partial charge in [0.2, 0.25) is 0 Å². The van der Waals surface area contributed by atoms with Gasteiger partial charge in [-0.05, 0) is 88.9 Å². The van der Waals surface area contributed by atoms with E-state index in [2.05, 4.69) is 109 Å². The van der Waals surface area contributed by atoms with Crippen molar-refractivity contribution in [3.8, 4) is 0 Å². The van der Waals surface area contributed by atoms with Crippen molar-refractivity contribution in [2.45, 2.75) is 0 Å². The molecule has 0 atom stereocenters. The molecule has 0 heterocycles. The number of rotatable bonds is 0. The summed E-state index contributed by atoms with van der Waals surface area (Å²) < 4.78 is 0. The molecule has 0 N–H and O–H groups in total. The molecular formula is C30H18. The van der Waals surface area contributed by atoms with Crippen LogP contribution in [0.2, 0.25) is 0 Å². The molecule has 0 aliphatic heterocycles. The number of hydrogen-bond donors (Lipinski definition) is 0. The summed E-state index contributed by atoms with van der Waals surface area (Å²) in [5.41, 5.74) is 0. The topological polar surface area (TPSA) is 0 Å². The average Bonchev–Trinajstić information content (AvgIpc) is 2.80. The van der Waals surface area contributed by atoms with Gasteiger partial charge < -0.3 is 0 Å². The molecule has 0 saturated heterocycles. The fourth-order valence-corrected chi connectivity index (χ4v) is 5.09. The van der Waals surface area contributed by atoms with Gasteiger partial charge in [0.1, 0.15) is 0 Å². The summed E-state index contributed by atoms with van der Waals surface area (Å²) in [6.45, 7) is 0. The largest absolute Gasteiger partial charge is 0.0616 e. The van der Waals surface area contributed by atoms with E-state index in [1.54, 1.807) is 0 Å². The van der Waals surface area contributed by atoms with Crippen molar-refractivity contribution in [2.75, 3.05) is 0 Å². The zero-order valence-corrected chi connectivity index (χ0v) is 16.4. The zero-order valence-electron chi connectivity index (χ0n) is 16.4. The van der Waals surface area contributed by atoms with Crippen LogP contribution in [0.4, 0.5) is 0 Å². The number of fused-ring (bicyclic) bond motifs is 9. The molecule has 7 aromatic rings. The van der Waals surface area contributed by atoms with E-state index in [0.717, 1.165) is 0 Å². The summed E-state index contributed by atoms with van der Waals surface area (Å²) in [5.74, 6) is 0. The summed E-state index contributed by atoms with van der Waals surface area (Å²) in [6, 6.07) is 40.3. The molecule has 0 unspecified atom stereocenters. The summed E-state index contributed by atoms with van der Waals surface area (Å²) in [5, 5.41) is 15.7. The Balaban J connectivity index is 1.66. The minimum absolute atomic E-state index is 1.29. The molecule has 0 heteroatoms. The Morgan fingerprint density at radius 2 is 0.833 bits per heavy atom. The maximum atomic E-state index is 2.37. The summed E-state index contributed by atoms with van der Waals surface area (Å²) in [6.07, 6.45) is 0. The maximum absolute atomic E-state index is 2.37. The number of benzene rings is 7. The first-order chi connectivity index (χ1) is 14.8. The van der Waals surface area contributed by atoms with Gasteiger partial charge in [-0.3, -0.25) is 0 Å². The van der Waals surface area contributed by atoms with E-state index in [-0.39, 0.29) is 0 Å². The lowest BCUT2D eigenvalue weighted by Crippen LogP contribution is -1.84. The van der Waals surface area contributed by atoms with Crippen molar-refractivity contribution in [3.63, 3.8) is 0 Å². The predicted molar refractivity (Wildman–Crippen MR) is 131 cm³/mol. The molecule has 7 aromatic carbocycles. The Labute approximate surface area is 174 Å². The second-order valence-electron chi connectivity index (χ2n) is 8.23. The van der Waals surface area contributed by atoms with E-state index in [0.29, 0.717) is 0 Å². The smallest absolute Gasteiger partial charge is 0.00266 e. The second-order valence-corrected chi connectivity index (χ2v) is 8.23. The number of hydrogen-bond acceptors (Lipinski definition) is 0. The van der Waals surface area contributed by atoms with Crippen LogP contribution in [0, 0.1) is 0 Å². The molecule has 0 spiro atoms. The van der Waals surface area contributed by atoms with Crippen LogP contribution >= 0.6 is 0 Å². The van der Waals surface area contributed by atoms with E-state index in [9.17, 15) is 0 Å². The molecule has 138 valence electrons. The minimum atomic E-state index is 1.29. The third-order valence-electron chi connectivity index (χ3n) is 6.54. The zero-order chi connectivity index (χ0) is 19.7. The van der Waals surface area contributed by atoms with Crippen molar-refractivity contribution >= 4 is 64.6 Å². The van der Waals surface area contributed by atoms with E-state index in [1.165, 1.54) is 64.6 Å². The third kappa shape index (κ3) is 2.16. The normalized spacial score (nSPS) is 12.0. The Bertz CT molecular complexity index is 1790. The van der Waals surface area contributed by atoms with Crippen LogP contribution in [0.3, 0.4) is 0 Å². The Hall–Kier alpha value is -3.90. The lowest BCUT2D eigenvalue weighted by atomic mass is 9.92. The van der Waals surface area contributed by atoms with Crippen LogP contribution in [0.1, 0.15) is 0 Å². The van der Waals surface area contributed by atoms with Gasteiger partial charge in [0, 0.05) is 0 Å². The molecule has 0 aliphatic rings. The van der Waals surface area contributed by atoms with Crippen LogP contribution in [0.25, 0.3) is 64.6 Å². The highest BCUT2D eigenvalue weighted by Crippen LogP contribution is 2.37. The van der Waals surface area contributed by atoms with Gasteiger partial charge in [0.15, 0.2) is 0 Å². The van der Waals surface area contributed by atoms with E-state index in [1.807, 2.05) is 0 Å². The monoisotopic (exact) mass is 378 g/mol. The summed E-state index contributed by atoms with van der Waals surface area (Å²) >= 11 is 0. The standard InChI is InChI=1S/C30H18/c1-2-7-22-16-25-18-29-23(17-24(25)15-21(22)6-1)12-14-28-27(29)13-11-20-10-9-19-5-3-4-8-26(19)30(20)28/h1-18H. The van der Waals surface area contributed by atoms with Crippen LogP contribution in [0.5, 0.6) is 0 Å². The summed E-state index contributed by atoms with van der Waals surface area (Å²) in [4.78, 5) is 0. The van der Waals surface area contributed by atoms with E-state index >= 15 is 0 Å². The highest BCUT2D eigenvalue weighted by Gasteiger charge is 2.09. The van der Waals surface area contributed by atoms with Crippen molar-refractivity contribution < 1.29 is 0 Å². The van der Waals surface area contributed by atoms with Crippen LogP contribution in [-0.4, -0.2) is 0 Å². The van der Waals surface area contributed by atoms with E-state index in [4.69, 9.17) is 0 Å². The fourth-order valence-electron chi connectivity index (χ4n) is 5.09. The van der Waals surface area contributed by atoms with E-state index < -0.39 is 0 Å². The maximum Gasteiger partial charge on any atom is -0.00266 e. The molecule has 0 nitrogen and oxygen atoms in total. The molecule has 0 saturated carbocycles. The molecule has 0 aromatic heterocycles. The molecule has 0 aliphatic carbocycles. The SMILES string of the molecule is c1ccc2cc3cc4c(ccc5c4ccc4ccc6ccccc6c45)cc3cc2c1.